The van der Waals surface area contributed by atoms with Gasteiger partial charge in [-0.1, -0.05) is 67.9 Å². The van der Waals surface area contributed by atoms with Crippen molar-refractivity contribution in [3.8, 4) is 5.75 Å². The normalized spacial score (nSPS) is 15.9. The molecule has 3 aromatic carbocycles. The number of aryl methyl sites for hydroxylation is 1. The lowest BCUT2D eigenvalue weighted by molar-refractivity contribution is -0.127. The van der Waals surface area contributed by atoms with E-state index in [4.69, 9.17) is 4.74 Å². The summed E-state index contributed by atoms with van der Waals surface area (Å²) in [6.45, 7) is 9.19. The van der Waals surface area contributed by atoms with Gasteiger partial charge in [-0.2, -0.15) is 0 Å². The number of hydrogen-bond donors (Lipinski definition) is 1. The van der Waals surface area contributed by atoms with Crippen LogP contribution in [0.5, 0.6) is 5.75 Å². The minimum Gasteiger partial charge on any atom is -0.481 e. The Balaban J connectivity index is 1.68. The van der Waals surface area contributed by atoms with Gasteiger partial charge in [0.15, 0.2) is 6.10 Å². The Hall–Kier alpha value is -3.60. The first-order chi connectivity index (χ1) is 16.8. The molecule has 3 aromatic rings. The molecule has 35 heavy (non-hydrogen) atoms. The predicted octanol–water partition coefficient (Wildman–Crippen LogP) is 5.32. The van der Waals surface area contributed by atoms with E-state index in [0.717, 1.165) is 23.1 Å². The van der Waals surface area contributed by atoms with Crippen molar-refractivity contribution in [1.82, 2.24) is 10.2 Å². The van der Waals surface area contributed by atoms with E-state index in [1.165, 1.54) is 5.56 Å². The summed E-state index contributed by atoms with van der Waals surface area (Å²) in [7, 11) is 0. The zero-order valence-electron chi connectivity index (χ0n) is 21.0. The molecular weight excluding hydrogens is 436 g/mol. The topological polar surface area (TPSA) is 58.6 Å². The van der Waals surface area contributed by atoms with Gasteiger partial charge >= 0.3 is 0 Å². The number of carbonyl (C=O) groups excluding carboxylic acids is 2. The fourth-order valence-electron chi connectivity index (χ4n) is 4.54. The van der Waals surface area contributed by atoms with Gasteiger partial charge in [-0.15, -0.1) is 0 Å². The van der Waals surface area contributed by atoms with Crippen LogP contribution in [0, 0.1) is 12.8 Å². The molecule has 5 nitrogen and oxygen atoms in total. The smallest absolute Gasteiger partial charge is 0.260 e. The van der Waals surface area contributed by atoms with Gasteiger partial charge in [0.2, 0.25) is 0 Å². The summed E-state index contributed by atoms with van der Waals surface area (Å²) in [6, 6.07) is 23.5. The SMILES string of the molecule is Cc1cccc([C@H]2c3cc(O[C@@H](C)C(=O)NCC(C)C)ccc3CCN2C(=O)c2ccccc2)c1. The van der Waals surface area contributed by atoms with Crippen molar-refractivity contribution in [1.29, 1.82) is 0 Å². The number of ether oxygens (including phenoxy) is 1. The maximum Gasteiger partial charge on any atom is 0.260 e. The van der Waals surface area contributed by atoms with E-state index in [2.05, 4.69) is 50.4 Å². The van der Waals surface area contributed by atoms with Gasteiger partial charge in [0.05, 0.1) is 6.04 Å². The highest BCUT2D eigenvalue weighted by Gasteiger charge is 2.33. The zero-order valence-corrected chi connectivity index (χ0v) is 21.0. The molecule has 0 aliphatic carbocycles. The van der Waals surface area contributed by atoms with Gasteiger partial charge in [0, 0.05) is 18.7 Å². The van der Waals surface area contributed by atoms with E-state index in [1.54, 1.807) is 6.92 Å². The summed E-state index contributed by atoms with van der Waals surface area (Å²) < 4.78 is 6.05. The second kappa shape index (κ2) is 10.8. The van der Waals surface area contributed by atoms with Crippen LogP contribution in [-0.2, 0) is 11.2 Å². The number of carbonyl (C=O) groups is 2. The molecule has 182 valence electrons. The molecule has 0 bridgehead atoms. The fourth-order valence-corrected chi connectivity index (χ4v) is 4.54. The Bertz CT molecular complexity index is 1190. The molecule has 0 radical (unpaired) electrons. The van der Waals surface area contributed by atoms with Crippen molar-refractivity contribution in [2.75, 3.05) is 13.1 Å². The average molecular weight is 471 g/mol. The van der Waals surface area contributed by atoms with Gasteiger partial charge in [-0.05, 0) is 67.1 Å². The summed E-state index contributed by atoms with van der Waals surface area (Å²) in [5.41, 5.74) is 5.12. The molecule has 1 N–H and O–H groups in total. The third-order valence-electron chi connectivity index (χ3n) is 6.35. The lowest BCUT2D eigenvalue weighted by Gasteiger charge is -2.38. The first-order valence-corrected chi connectivity index (χ1v) is 12.3. The van der Waals surface area contributed by atoms with Crippen LogP contribution in [0.15, 0.2) is 72.8 Å². The first-order valence-electron chi connectivity index (χ1n) is 12.3. The summed E-state index contributed by atoms with van der Waals surface area (Å²) in [4.78, 5) is 28.0. The Labute approximate surface area is 208 Å². The van der Waals surface area contributed by atoms with E-state index in [0.29, 0.717) is 30.3 Å². The molecule has 0 saturated carbocycles. The molecule has 1 aliphatic rings. The van der Waals surface area contributed by atoms with Crippen LogP contribution in [-0.4, -0.2) is 35.9 Å². The quantitative estimate of drug-likeness (QED) is 0.508. The second-order valence-corrected chi connectivity index (χ2v) is 9.69. The van der Waals surface area contributed by atoms with Crippen LogP contribution in [0.25, 0.3) is 0 Å². The van der Waals surface area contributed by atoms with Gasteiger partial charge in [-0.25, -0.2) is 0 Å². The van der Waals surface area contributed by atoms with Crippen molar-refractivity contribution < 1.29 is 14.3 Å². The zero-order chi connectivity index (χ0) is 24.9. The molecule has 0 spiro atoms. The molecule has 0 saturated heterocycles. The fraction of sp³-hybridized carbons (Fsp3) is 0.333. The largest absolute Gasteiger partial charge is 0.481 e. The lowest BCUT2D eigenvalue weighted by atomic mass is 9.87. The Morgan fingerprint density at radius 2 is 1.77 bits per heavy atom. The van der Waals surface area contributed by atoms with Crippen LogP contribution in [0.2, 0.25) is 0 Å². The molecule has 1 aliphatic heterocycles. The van der Waals surface area contributed by atoms with Crippen LogP contribution in [0.1, 0.15) is 59.4 Å². The van der Waals surface area contributed by atoms with Crippen molar-refractivity contribution in [2.24, 2.45) is 5.92 Å². The molecule has 2 amide bonds. The van der Waals surface area contributed by atoms with Crippen LogP contribution >= 0.6 is 0 Å². The van der Waals surface area contributed by atoms with E-state index < -0.39 is 6.10 Å². The Kier molecular flexibility index (Phi) is 7.54. The molecule has 0 fully saturated rings. The Morgan fingerprint density at radius 1 is 1.00 bits per heavy atom. The van der Waals surface area contributed by atoms with E-state index >= 15 is 0 Å². The van der Waals surface area contributed by atoms with E-state index in [1.807, 2.05) is 53.4 Å². The van der Waals surface area contributed by atoms with Crippen LogP contribution < -0.4 is 10.1 Å². The van der Waals surface area contributed by atoms with Gasteiger partial charge in [0.25, 0.3) is 11.8 Å². The molecule has 0 aromatic heterocycles. The molecule has 0 unspecified atom stereocenters. The second-order valence-electron chi connectivity index (χ2n) is 9.69. The summed E-state index contributed by atoms with van der Waals surface area (Å²) in [5.74, 6) is 0.878. The monoisotopic (exact) mass is 470 g/mol. The average Bonchev–Trinajstić information content (AvgIpc) is 2.86. The van der Waals surface area contributed by atoms with Gasteiger partial charge < -0.3 is 15.0 Å². The highest BCUT2D eigenvalue weighted by molar-refractivity contribution is 5.95. The third-order valence-corrected chi connectivity index (χ3v) is 6.35. The maximum absolute atomic E-state index is 13.6. The molecule has 2 atom stereocenters. The summed E-state index contributed by atoms with van der Waals surface area (Å²) in [5, 5.41) is 2.93. The maximum atomic E-state index is 13.6. The molecule has 4 rings (SSSR count). The highest BCUT2D eigenvalue weighted by Crippen LogP contribution is 2.38. The van der Waals surface area contributed by atoms with E-state index in [-0.39, 0.29) is 17.9 Å². The van der Waals surface area contributed by atoms with Gasteiger partial charge in [0.1, 0.15) is 5.75 Å². The number of rotatable bonds is 7. The van der Waals surface area contributed by atoms with Crippen LogP contribution in [0.3, 0.4) is 0 Å². The number of nitrogens with zero attached hydrogens (tertiary/aromatic N) is 1. The minimum atomic E-state index is -0.616. The number of fused-ring (bicyclic) bond motifs is 1. The molecular formula is C30H34N2O3. The van der Waals surface area contributed by atoms with Crippen LogP contribution in [0.4, 0.5) is 0 Å². The number of hydrogen-bond acceptors (Lipinski definition) is 3. The molecule has 5 heteroatoms. The number of amides is 2. The van der Waals surface area contributed by atoms with Crippen molar-refractivity contribution in [3.63, 3.8) is 0 Å². The molecule has 1 heterocycles. The van der Waals surface area contributed by atoms with E-state index in [9.17, 15) is 9.59 Å². The summed E-state index contributed by atoms with van der Waals surface area (Å²) in [6.07, 6.45) is 0.149. The third kappa shape index (κ3) is 5.73. The number of benzene rings is 3. The summed E-state index contributed by atoms with van der Waals surface area (Å²) >= 11 is 0. The van der Waals surface area contributed by atoms with Crippen molar-refractivity contribution >= 4 is 11.8 Å². The standard InChI is InChI=1S/C30H34N2O3/c1-20(2)19-31-29(33)22(4)35-26-14-13-23-15-16-32(30(34)24-10-6-5-7-11-24)28(27(23)18-26)25-12-8-9-21(3)17-25/h5-14,17-18,20,22,28H,15-16,19H2,1-4H3,(H,31,33)/t22-,28-/m0/s1. The minimum absolute atomic E-state index is 0.00973. The predicted molar refractivity (Wildman–Crippen MR) is 139 cm³/mol. The lowest BCUT2D eigenvalue weighted by Crippen LogP contribution is -2.41. The number of nitrogens with one attached hydrogen (secondary N) is 1. The highest BCUT2D eigenvalue weighted by atomic mass is 16.5. The Morgan fingerprint density at radius 3 is 2.49 bits per heavy atom. The first kappa shape index (κ1) is 24.5. The van der Waals surface area contributed by atoms with Crippen molar-refractivity contribution in [2.45, 2.75) is 46.3 Å². The van der Waals surface area contributed by atoms with Gasteiger partial charge in [-0.3, -0.25) is 9.59 Å². The van der Waals surface area contributed by atoms with Crippen molar-refractivity contribution in [3.05, 3.63) is 101 Å².